The Kier molecular flexibility index (Phi) is 9.60. The summed E-state index contributed by atoms with van der Waals surface area (Å²) in [5, 5.41) is 9.80. The number of halogens is 3. The second-order valence-electron chi connectivity index (χ2n) is 10.1. The summed E-state index contributed by atoms with van der Waals surface area (Å²) in [5.74, 6) is -2.21. The number of hydrogen-bond donors (Lipinski definition) is 4. The molecule has 1 aromatic heterocycles. The van der Waals surface area contributed by atoms with Crippen LogP contribution in [0.15, 0.2) is 24.3 Å². The number of nitrogens with zero attached hydrogens (tertiary/aromatic N) is 1. The number of carbonyl (C=O) groups excluding carboxylic acids is 2. The maximum absolute atomic E-state index is 13.6. The molecule has 0 saturated heterocycles. The number of aromatic amines is 1. The van der Waals surface area contributed by atoms with Gasteiger partial charge in [-0.1, -0.05) is 12.1 Å². The van der Waals surface area contributed by atoms with Crippen LogP contribution in [-0.2, 0) is 20.8 Å². The number of aryl methyl sites for hydroxylation is 3. The molecule has 0 radical (unpaired) electrons. The Bertz CT molecular complexity index is 1240. The van der Waals surface area contributed by atoms with Crippen LogP contribution in [0.2, 0.25) is 0 Å². The van der Waals surface area contributed by atoms with Crippen molar-refractivity contribution in [3.63, 3.8) is 0 Å². The normalized spacial score (nSPS) is 19.9. The van der Waals surface area contributed by atoms with Crippen LogP contribution in [0.1, 0.15) is 60.2 Å². The lowest BCUT2D eigenvalue weighted by atomic mass is 9.86. The molecule has 0 unspecified atom stereocenters. The Balaban J connectivity index is 0.000000532. The highest BCUT2D eigenvalue weighted by Gasteiger charge is 2.38. The fourth-order valence-corrected chi connectivity index (χ4v) is 4.93. The van der Waals surface area contributed by atoms with E-state index in [0.717, 1.165) is 71.6 Å². The first-order chi connectivity index (χ1) is 18.3. The average Bonchev–Trinajstić information content (AvgIpc) is 3.33. The van der Waals surface area contributed by atoms with Crippen molar-refractivity contribution < 1.29 is 32.7 Å². The summed E-state index contributed by atoms with van der Waals surface area (Å²) in [7, 11) is 1.66. The first-order valence-electron chi connectivity index (χ1n) is 12.9. The minimum Gasteiger partial charge on any atom is -0.475 e. The molecular formula is C28H35F3N4O4. The molecule has 8 nitrogen and oxygen atoms in total. The number of hydrogen-bond acceptors (Lipinski definition) is 4. The monoisotopic (exact) mass is 548 g/mol. The number of amides is 2. The molecule has 1 aliphatic heterocycles. The highest BCUT2D eigenvalue weighted by Crippen LogP contribution is 2.40. The van der Waals surface area contributed by atoms with E-state index in [2.05, 4.69) is 29.4 Å². The van der Waals surface area contributed by atoms with Crippen LogP contribution < -0.4 is 16.0 Å². The van der Waals surface area contributed by atoms with E-state index < -0.39 is 12.1 Å². The number of fused-ring (bicyclic) bond motifs is 1. The average molecular weight is 549 g/mol. The molecule has 2 heterocycles. The summed E-state index contributed by atoms with van der Waals surface area (Å²) in [6.45, 7) is 4.80. The van der Waals surface area contributed by atoms with Gasteiger partial charge >= 0.3 is 12.1 Å². The van der Waals surface area contributed by atoms with E-state index in [1.54, 1.807) is 7.05 Å². The lowest BCUT2D eigenvalue weighted by Crippen LogP contribution is -2.36. The van der Waals surface area contributed by atoms with E-state index in [-0.39, 0.29) is 11.8 Å². The Morgan fingerprint density at radius 2 is 1.82 bits per heavy atom. The fraction of sp³-hybridized carbons (Fsp3) is 0.464. The SMILES string of the molecule is CNC(=O)CCc1ccc2c(c1)N(CC1CCC(N)CC1)C(=O)/C2=C\c1[nH]c(C)cc1C.O=C(O)C(F)(F)F. The molecule has 1 aromatic carbocycles. The molecule has 2 aliphatic rings. The van der Waals surface area contributed by atoms with Crippen LogP contribution in [0, 0.1) is 19.8 Å². The second-order valence-corrected chi connectivity index (χ2v) is 10.1. The summed E-state index contributed by atoms with van der Waals surface area (Å²) in [5.41, 5.74) is 13.0. The third-order valence-corrected chi connectivity index (χ3v) is 7.09. The molecule has 1 fully saturated rings. The maximum Gasteiger partial charge on any atom is 0.490 e. The van der Waals surface area contributed by atoms with Crippen LogP contribution in [0.25, 0.3) is 11.6 Å². The Labute approximate surface area is 225 Å². The molecule has 1 aliphatic carbocycles. The van der Waals surface area contributed by atoms with Gasteiger partial charge < -0.3 is 26.0 Å². The van der Waals surface area contributed by atoms with Crippen molar-refractivity contribution >= 4 is 35.1 Å². The third kappa shape index (κ3) is 7.72. The molecule has 5 N–H and O–H groups in total. The van der Waals surface area contributed by atoms with Crippen molar-refractivity contribution in [1.29, 1.82) is 0 Å². The molecule has 0 bridgehead atoms. The Morgan fingerprint density at radius 1 is 1.18 bits per heavy atom. The van der Waals surface area contributed by atoms with Gasteiger partial charge in [-0.25, -0.2) is 4.79 Å². The molecule has 212 valence electrons. The zero-order valence-corrected chi connectivity index (χ0v) is 22.3. The van der Waals surface area contributed by atoms with Gasteiger partial charge in [0.05, 0.1) is 11.3 Å². The summed E-state index contributed by atoms with van der Waals surface area (Å²) in [6, 6.07) is 8.56. The predicted octanol–water partition coefficient (Wildman–Crippen LogP) is 4.35. The maximum atomic E-state index is 13.6. The molecule has 2 amide bonds. The Morgan fingerprint density at radius 3 is 2.36 bits per heavy atom. The summed E-state index contributed by atoms with van der Waals surface area (Å²) < 4.78 is 31.7. The summed E-state index contributed by atoms with van der Waals surface area (Å²) in [6.07, 6.45) is 2.17. The number of benzene rings is 1. The number of carbonyl (C=O) groups is 3. The van der Waals surface area contributed by atoms with Gasteiger partial charge in [-0.3, -0.25) is 9.59 Å². The van der Waals surface area contributed by atoms with Gasteiger partial charge in [0.25, 0.3) is 5.91 Å². The second kappa shape index (κ2) is 12.5. The van der Waals surface area contributed by atoms with Gasteiger partial charge in [0, 0.05) is 43.0 Å². The number of nitrogens with one attached hydrogen (secondary N) is 2. The first-order valence-corrected chi connectivity index (χ1v) is 12.9. The highest BCUT2D eigenvalue weighted by atomic mass is 19.4. The van der Waals surface area contributed by atoms with Gasteiger partial charge in [-0.15, -0.1) is 0 Å². The van der Waals surface area contributed by atoms with Crippen LogP contribution in [0.5, 0.6) is 0 Å². The number of H-pyrrole nitrogens is 1. The molecular weight excluding hydrogens is 513 g/mol. The number of carboxylic acid groups (broad SMARTS) is 1. The number of nitrogens with two attached hydrogens (primary N) is 1. The van der Waals surface area contributed by atoms with E-state index in [4.69, 9.17) is 15.6 Å². The third-order valence-electron chi connectivity index (χ3n) is 7.09. The van der Waals surface area contributed by atoms with Gasteiger partial charge in [-0.2, -0.15) is 13.2 Å². The zero-order chi connectivity index (χ0) is 28.9. The Hall–Kier alpha value is -3.60. The largest absolute Gasteiger partial charge is 0.490 e. The number of alkyl halides is 3. The fourth-order valence-electron chi connectivity index (χ4n) is 4.93. The molecule has 39 heavy (non-hydrogen) atoms. The lowest BCUT2D eigenvalue weighted by Gasteiger charge is -2.30. The standard InChI is InChI=1S/C26H34N4O2.C2HF3O2/c1-16-12-17(2)29-23(16)14-22-21-10-6-18(7-11-25(31)28-3)13-24(21)30(26(22)32)15-19-4-8-20(27)9-5-19;3-2(4,5)1(6)7/h6,10,12-14,19-20,29H,4-5,7-9,11,15,27H2,1-3H3,(H,28,31);(H,6,7)/b22-14-;. The van der Waals surface area contributed by atoms with Gasteiger partial charge in [0.2, 0.25) is 5.91 Å². The number of aliphatic carboxylic acids is 1. The van der Waals surface area contributed by atoms with Crippen LogP contribution >= 0.6 is 0 Å². The van der Waals surface area contributed by atoms with Gasteiger partial charge in [0.15, 0.2) is 0 Å². The van der Waals surface area contributed by atoms with E-state index in [9.17, 15) is 22.8 Å². The van der Waals surface area contributed by atoms with Gasteiger partial charge in [0.1, 0.15) is 0 Å². The zero-order valence-electron chi connectivity index (χ0n) is 22.3. The van der Waals surface area contributed by atoms with E-state index in [0.29, 0.717) is 24.8 Å². The minimum atomic E-state index is -5.08. The highest BCUT2D eigenvalue weighted by molar-refractivity contribution is 6.35. The topological polar surface area (TPSA) is 129 Å². The molecule has 4 rings (SSSR count). The van der Waals surface area contributed by atoms with E-state index >= 15 is 0 Å². The molecule has 0 spiro atoms. The summed E-state index contributed by atoms with van der Waals surface area (Å²) in [4.78, 5) is 39.5. The van der Waals surface area contributed by atoms with Crippen molar-refractivity contribution in [2.24, 2.45) is 11.7 Å². The predicted molar refractivity (Wildman–Crippen MR) is 143 cm³/mol. The lowest BCUT2D eigenvalue weighted by molar-refractivity contribution is -0.192. The number of rotatable bonds is 6. The van der Waals surface area contributed by atoms with E-state index in [1.807, 2.05) is 30.0 Å². The van der Waals surface area contributed by atoms with Crippen LogP contribution in [0.4, 0.5) is 18.9 Å². The summed E-state index contributed by atoms with van der Waals surface area (Å²) >= 11 is 0. The first kappa shape index (κ1) is 29.9. The molecule has 0 atom stereocenters. The number of aromatic nitrogens is 1. The van der Waals surface area contributed by atoms with Crippen molar-refractivity contribution in [3.8, 4) is 0 Å². The quantitative estimate of drug-likeness (QED) is 0.399. The van der Waals surface area contributed by atoms with Crippen LogP contribution in [0.3, 0.4) is 0 Å². The number of carboxylic acids is 1. The number of anilines is 1. The van der Waals surface area contributed by atoms with E-state index in [1.165, 1.54) is 0 Å². The van der Waals surface area contributed by atoms with Gasteiger partial charge in [-0.05, 0) is 81.2 Å². The van der Waals surface area contributed by atoms with Crippen LogP contribution in [-0.4, -0.2) is 53.7 Å². The minimum absolute atomic E-state index is 0.0233. The molecule has 11 heteroatoms. The van der Waals surface area contributed by atoms with Crippen molar-refractivity contribution in [3.05, 3.63) is 52.3 Å². The smallest absolute Gasteiger partial charge is 0.475 e. The van der Waals surface area contributed by atoms with Crippen molar-refractivity contribution in [2.45, 2.75) is 64.6 Å². The molecule has 2 aromatic rings. The van der Waals surface area contributed by atoms with Crippen molar-refractivity contribution in [1.82, 2.24) is 10.3 Å². The molecule has 1 saturated carbocycles. The van der Waals surface area contributed by atoms with Crippen molar-refractivity contribution in [2.75, 3.05) is 18.5 Å².